The van der Waals surface area contributed by atoms with Gasteiger partial charge in [0.15, 0.2) is 0 Å². The molecule has 3 nitrogen and oxygen atoms in total. The van der Waals surface area contributed by atoms with Crippen LogP contribution in [0.1, 0.15) is 29.4 Å². The van der Waals surface area contributed by atoms with Crippen molar-refractivity contribution < 1.29 is 4.79 Å². The second-order valence-corrected chi connectivity index (χ2v) is 6.70. The van der Waals surface area contributed by atoms with Gasteiger partial charge < -0.3 is 10.6 Å². The number of hydrogen-bond acceptors (Lipinski definition) is 3. The van der Waals surface area contributed by atoms with E-state index in [0.29, 0.717) is 0 Å². The summed E-state index contributed by atoms with van der Waals surface area (Å²) in [6.07, 6.45) is 2.25. The van der Waals surface area contributed by atoms with Crippen molar-refractivity contribution in [2.45, 2.75) is 19.8 Å². The third-order valence-electron chi connectivity index (χ3n) is 3.28. The van der Waals surface area contributed by atoms with E-state index in [0.717, 1.165) is 41.8 Å². The van der Waals surface area contributed by atoms with Gasteiger partial charge in [0.05, 0.1) is 4.88 Å². The van der Waals surface area contributed by atoms with Gasteiger partial charge in [-0.2, -0.15) is 0 Å². The topological polar surface area (TPSA) is 41.1 Å². The quantitative estimate of drug-likeness (QED) is 0.900. The number of carbonyl (C=O) groups excluding carboxylic acids is 1. The Morgan fingerprint density at radius 1 is 1.59 bits per heavy atom. The predicted octanol–water partition coefficient (Wildman–Crippen LogP) is 2.63. The molecule has 0 bridgehead atoms. The molecule has 2 heterocycles. The Balaban J connectivity index is 1.87. The number of piperidine rings is 1. The molecule has 0 aromatic carbocycles. The van der Waals surface area contributed by atoms with Crippen LogP contribution in [0, 0.1) is 5.41 Å². The number of halogens is 1. The van der Waals surface area contributed by atoms with Crippen LogP contribution in [0.4, 0.5) is 0 Å². The maximum atomic E-state index is 11.9. The monoisotopic (exact) mass is 316 g/mol. The molecule has 0 aliphatic carbocycles. The summed E-state index contributed by atoms with van der Waals surface area (Å²) in [6.45, 7) is 5.12. The number of carbonyl (C=O) groups is 1. The van der Waals surface area contributed by atoms with Crippen LogP contribution in [0.25, 0.3) is 0 Å². The summed E-state index contributed by atoms with van der Waals surface area (Å²) in [7, 11) is 0. The zero-order valence-corrected chi connectivity index (χ0v) is 12.3. The first kappa shape index (κ1) is 13.1. The van der Waals surface area contributed by atoms with Gasteiger partial charge in [0.1, 0.15) is 0 Å². The third kappa shape index (κ3) is 3.53. The number of hydrogen-bond donors (Lipinski definition) is 2. The van der Waals surface area contributed by atoms with Crippen LogP contribution >= 0.6 is 27.3 Å². The lowest BCUT2D eigenvalue weighted by Crippen LogP contribution is -2.42. The van der Waals surface area contributed by atoms with Crippen LogP contribution < -0.4 is 10.6 Å². The summed E-state index contributed by atoms with van der Waals surface area (Å²) in [4.78, 5) is 12.7. The van der Waals surface area contributed by atoms with Gasteiger partial charge in [-0.3, -0.25) is 4.79 Å². The van der Waals surface area contributed by atoms with E-state index in [9.17, 15) is 4.79 Å². The van der Waals surface area contributed by atoms with Gasteiger partial charge in [0.25, 0.3) is 5.91 Å². The van der Waals surface area contributed by atoms with Gasteiger partial charge in [-0.15, -0.1) is 11.3 Å². The highest BCUT2D eigenvalue weighted by Gasteiger charge is 2.27. The van der Waals surface area contributed by atoms with Crippen molar-refractivity contribution in [1.82, 2.24) is 10.6 Å². The van der Waals surface area contributed by atoms with Crippen molar-refractivity contribution in [1.29, 1.82) is 0 Å². The Kier molecular flexibility index (Phi) is 4.22. The second-order valence-electron chi connectivity index (χ2n) is 4.87. The van der Waals surface area contributed by atoms with Gasteiger partial charge in [0.2, 0.25) is 0 Å². The van der Waals surface area contributed by atoms with Crippen LogP contribution in [0.15, 0.2) is 15.9 Å². The molecular weight excluding hydrogens is 300 g/mol. The molecule has 1 aromatic rings. The minimum atomic E-state index is 0.0421. The summed E-state index contributed by atoms with van der Waals surface area (Å²) < 4.78 is 0.973. The fraction of sp³-hybridized carbons (Fsp3) is 0.583. The normalized spacial score (nSPS) is 18.9. The molecule has 94 valence electrons. The summed E-state index contributed by atoms with van der Waals surface area (Å²) >= 11 is 4.83. The number of rotatable bonds is 3. The fourth-order valence-corrected chi connectivity index (χ4v) is 3.36. The molecule has 1 fully saturated rings. The number of thiophene rings is 1. The summed E-state index contributed by atoms with van der Waals surface area (Å²) in [5, 5.41) is 8.32. The molecule has 0 radical (unpaired) electrons. The number of nitrogens with one attached hydrogen (secondary N) is 2. The molecule has 1 aliphatic heterocycles. The van der Waals surface area contributed by atoms with Crippen molar-refractivity contribution in [3.8, 4) is 0 Å². The zero-order chi connectivity index (χ0) is 12.3. The Morgan fingerprint density at radius 2 is 2.29 bits per heavy atom. The van der Waals surface area contributed by atoms with Gasteiger partial charge >= 0.3 is 0 Å². The van der Waals surface area contributed by atoms with Crippen LogP contribution in [-0.4, -0.2) is 25.5 Å². The molecule has 5 heteroatoms. The van der Waals surface area contributed by atoms with E-state index < -0.39 is 0 Å². The van der Waals surface area contributed by atoms with E-state index in [1.54, 1.807) is 0 Å². The van der Waals surface area contributed by atoms with Crippen LogP contribution in [-0.2, 0) is 0 Å². The minimum absolute atomic E-state index is 0.0421. The summed E-state index contributed by atoms with van der Waals surface area (Å²) in [6, 6.07) is 1.87. The summed E-state index contributed by atoms with van der Waals surface area (Å²) in [5.74, 6) is 0.0421. The van der Waals surface area contributed by atoms with Gasteiger partial charge in [-0.25, -0.2) is 0 Å². The minimum Gasteiger partial charge on any atom is -0.351 e. The maximum Gasteiger partial charge on any atom is 0.261 e. The Morgan fingerprint density at radius 3 is 2.88 bits per heavy atom. The highest BCUT2D eigenvalue weighted by Crippen LogP contribution is 2.27. The van der Waals surface area contributed by atoms with E-state index >= 15 is 0 Å². The molecule has 0 atom stereocenters. The fourth-order valence-electron chi connectivity index (χ4n) is 2.02. The van der Waals surface area contributed by atoms with Crippen LogP contribution in [0.5, 0.6) is 0 Å². The Hall–Kier alpha value is -0.390. The van der Waals surface area contributed by atoms with E-state index in [1.807, 2.05) is 11.4 Å². The lowest BCUT2D eigenvalue weighted by molar-refractivity contribution is 0.0926. The van der Waals surface area contributed by atoms with Crippen LogP contribution in [0.3, 0.4) is 0 Å². The molecule has 1 saturated heterocycles. The third-order valence-corrected chi connectivity index (χ3v) is 4.97. The van der Waals surface area contributed by atoms with Crippen LogP contribution in [0.2, 0.25) is 0 Å². The molecule has 17 heavy (non-hydrogen) atoms. The van der Waals surface area contributed by atoms with E-state index in [4.69, 9.17) is 0 Å². The molecule has 2 N–H and O–H groups in total. The number of amides is 1. The molecule has 1 amide bonds. The largest absolute Gasteiger partial charge is 0.351 e. The van der Waals surface area contributed by atoms with Crippen molar-refractivity contribution in [2.24, 2.45) is 5.41 Å². The highest BCUT2D eigenvalue weighted by molar-refractivity contribution is 9.10. The summed E-state index contributed by atoms with van der Waals surface area (Å²) in [5.41, 5.74) is 0.245. The van der Waals surface area contributed by atoms with Crippen molar-refractivity contribution in [3.63, 3.8) is 0 Å². The standard InChI is InChI=1S/C12H17BrN2OS/c1-12(2-4-14-5-3-12)8-15-11(16)10-6-9(13)7-17-10/h6-7,14H,2-5,8H2,1H3,(H,15,16). The van der Waals surface area contributed by atoms with Gasteiger partial charge in [-0.05, 0) is 53.3 Å². The van der Waals surface area contributed by atoms with Gasteiger partial charge in [0, 0.05) is 16.4 Å². The van der Waals surface area contributed by atoms with E-state index in [-0.39, 0.29) is 11.3 Å². The first-order chi connectivity index (χ1) is 8.09. The molecule has 1 aliphatic rings. The molecule has 1 aromatic heterocycles. The zero-order valence-electron chi connectivity index (χ0n) is 9.88. The Labute approximate surface area is 114 Å². The second kappa shape index (κ2) is 5.50. The first-order valence-corrected chi connectivity index (χ1v) is 7.49. The molecule has 0 unspecified atom stereocenters. The van der Waals surface area contributed by atoms with Crippen molar-refractivity contribution in [2.75, 3.05) is 19.6 Å². The molecule has 0 spiro atoms. The predicted molar refractivity (Wildman–Crippen MR) is 74.6 cm³/mol. The lowest BCUT2D eigenvalue weighted by Gasteiger charge is -2.34. The molecule has 2 rings (SSSR count). The van der Waals surface area contributed by atoms with Crippen molar-refractivity contribution in [3.05, 3.63) is 20.8 Å². The SMILES string of the molecule is CC1(CNC(=O)c2cc(Br)cs2)CCNCC1. The average molecular weight is 317 g/mol. The van der Waals surface area contributed by atoms with E-state index in [2.05, 4.69) is 33.5 Å². The molecule has 0 saturated carbocycles. The smallest absolute Gasteiger partial charge is 0.261 e. The Bertz CT molecular complexity index is 399. The maximum absolute atomic E-state index is 11.9. The first-order valence-electron chi connectivity index (χ1n) is 5.82. The highest BCUT2D eigenvalue weighted by atomic mass is 79.9. The van der Waals surface area contributed by atoms with Gasteiger partial charge in [-0.1, -0.05) is 6.92 Å². The lowest BCUT2D eigenvalue weighted by atomic mass is 9.81. The van der Waals surface area contributed by atoms with E-state index in [1.165, 1.54) is 11.3 Å². The molecular formula is C12H17BrN2OS. The van der Waals surface area contributed by atoms with Crippen molar-refractivity contribution >= 4 is 33.2 Å². The average Bonchev–Trinajstić information content (AvgIpc) is 2.74.